The highest BCUT2D eigenvalue weighted by atomic mass is 16.5. The van der Waals surface area contributed by atoms with Crippen molar-refractivity contribution in [1.82, 2.24) is 0 Å². The van der Waals surface area contributed by atoms with Crippen LogP contribution in [-0.2, 0) is 10.3 Å². The van der Waals surface area contributed by atoms with Crippen LogP contribution in [0.15, 0.2) is 24.3 Å². The Morgan fingerprint density at radius 2 is 1.77 bits per heavy atom. The average Bonchev–Trinajstić information content (AvgIpc) is 2.59. The molecule has 118 valence electrons. The molecule has 0 aromatic heterocycles. The third-order valence-electron chi connectivity index (χ3n) is 6.76. The second-order valence-electron chi connectivity index (χ2n) is 7.34. The molecular formula is C19H24O3. The highest BCUT2D eigenvalue weighted by Crippen LogP contribution is 2.74. The van der Waals surface area contributed by atoms with Gasteiger partial charge in [-0.1, -0.05) is 31.4 Å². The van der Waals surface area contributed by atoms with Crippen molar-refractivity contribution in [2.45, 2.75) is 50.5 Å². The summed E-state index contributed by atoms with van der Waals surface area (Å²) in [6.45, 7) is 0. The smallest absolute Gasteiger partial charge is 0.337 e. The van der Waals surface area contributed by atoms with Crippen molar-refractivity contribution in [3.05, 3.63) is 35.4 Å². The van der Waals surface area contributed by atoms with E-state index in [0.717, 1.165) is 24.8 Å². The van der Waals surface area contributed by atoms with Crippen molar-refractivity contribution in [2.24, 2.45) is 17.3 Å². The van der Waals surface area contributed by atoms with Crippen molar-refractivity contribution < 1.29 is 14.6 Å². The Bertz CT molecular complexity index is 587. The number of benzene rings is 1. The first-order valence-corrected chi connectivity index (χ1v) is 8.55. The van der Waals surface area contributed by atoms with Gasteiger partial charge in [-0.25, -0.2) is 4.79 Å². The largest absolute Gasteiger partial charge is 0.465 e. The van der Waals surface area contributed by atoms with Crippen LogP contribution in [-0.4, -0.2) is 18.2 Å². The molecule has 1 N–H and O–H groups in total. The van der Waals surface area contributed by atoms with Gasteiger partial charge in [0.15, 0.2) is 0 Å². The minimum absolute atomic E-state index is 0.0982. The topological polar surface area (TPSA) is 46.5 Å². The molecule has 0 saturated heterocycles. The van der Waals surface area contributed by atoms with E-state index in [1.54, 1.807) is 12.1 Å². The van der Waals surface area contributed by atoms with Crippen LogP contribution in [0.1, 0.15) is 60.9 Å². The van der Waals surface area contributed by atoms with Crippen LogP contribution in [0.3, 0.4) is 0 Å². The van der Waals surface area contributed by atoms with Crippen molar-refractivity contribution >= 4 is 5.97 Å². The Morgan fingerprint density at radius 1 is 1.09 bits per heavy atom. The van der Waals surface area contributed by atoms with E-state index in [1.807, 2.05) is 12.1 Å². The zero-order chi connectivity index (χ0) is 15.4. The lowest BCUT2D eigenvalue weighted by Gasteiger charge is -2.72. The lowest BCUT2D eigenvalue weighted by Crippen LogP contribution is -2.71. The van der Waals surface area contributed by atoms with E-state index in [-0.39, 0.29) is 11.4 Å². The van der Waals surface area contributed by atoms with Crippen LogP contribution in [0.2, 0.25) is 0 Å². The standard InChI is InChI=1S/C19H24O3/c1-22-17(20)13-7-9-14(10-8-13)19(21)16-6-4-12-18(19)11-3-2-5-15(16)18/h7-10,15-16,21H,2-6,11-12H2,1H3/t15-,16-,18+,19+/m0/s1. The lowest BCUT2D eigenvalue weighted by molar-refractivity contribution is -0.312. The zero-order valence-electron chi connectivity index (χ0n) is 13.2. The van der Waals surface area contributed by atoms with Crippen LogP contribution >= 0.6 is 0 Å². The maximum absolute atomic E-state index is 11.6. The number of rotatable bonds is 2. The van der Waals surface area contributed by atoms with Gasteiger partial charge >= 0.3 is 5.97 Å². The molecule has 0 heterocycles. The third kappa shape index (κ3) is 1.58. The number of carbonyl (C=O) groups is 1. The fraction of sp³-hybridized carbons (Fsp3) is 0.632. The number of esters is 1. The summed E-state index contributed by atoms with van der Waals surface area (Å²) in [4.78, 5) is 11.6. The van der Waals surface area contributed by atoms with Gasteiger partial charge in [-0.2, -0.15) is 0 Å². The molecule has 1 aromatic carbocycles. The van der Waals surface area contributed by atoms with Crippen LogP contribution < -0.4 is 0 Å². The van der Waals surface area contributed by atoms with Gasteiger partial charge in [0.25, 0.3) is 0 Å². The van der Waals surface area contributed by atoms with E-state index in [2.05, 4.69) is 0 Å². The van der Waals surface area contributed by atoms with Crippen molar-refractivity contribution in [3.8, 4) is 0 Å². The summed E-state index contributed by atoms with van der Waals surface area (Å²) < 4.78 is 4.76. The van der Waals surface area contributed by atoms with Crippen LogP contribution in [0.25, 0.3) is 0 Å². The summed E-state index contributed by atoms with van der Waals surface area (Å²) in [6, 6.07) is 7.47. The first-order valence-electron chi connectivity index (χ1n) is 8.55. The van der Waals surface area contributed by atoms with E-state index in [0.29, 0.717) is 17.4 Å². The summed E-state index contributed by atoms with van der Waals surface area (Å²) in [5.41, 5.74) is 0.978. The minimum atomic E-state index is -0.676. The molecule has 0 unspecified atom stereocenters. The quantitative estimate of drug-likeness (QED) is 0.848. The Morgan fingerprint density at radius 3 is 2.50 bits per heavy atom. The molecule has 4 rings (SSSR count). The summed E-state index contributed by atoms with van der Waals surface area (Å²) in [5, 5.41) is 11.6. The molecule has 0 aliphatic heterocycles. The molecule has 3 nitrogen and oxygen atoms in total. The molecule has 0 amide bonds. The fourth-order valence-corrected chi connectivity index (χ4v) is 5.92. The number of carbonyl (C=O) groups excluding carboxylic acids is 1. The van der Waals surface area contributed by atoms with Gasteiger partial charge < -0.3 is 9.84 Å². The third-order valence-corrected chi connectivity index (χ3v) is 6.76. The molecule has 3 fully saturated rings. The number of fused-ring (bicyclic) bond motifs is 2. The molecule has 2 bridgehead atoms. The molecule has 4 atom stereocenters. The molecular weight excluding hydrogens is 276 g/mol. The zero-order valence-corrected chi connectivity index (χ0v) is 13.2. The predicted molar refractivity (Wildman–Crippen MR) is 83.4 cm³/mol. The molecule has 1 aromatic rings. The van der Waals surface area contributed by atoms with Gasteiger partial charge in [0.1, 0.15) is 0 Å². The van der Waals surface area contributed by atoms with E-state index >= 15 is 0 Å². The molecule has 22 heavy (non-hydrogen) atoms. The number of ether oxygens (including phenoxy) is 1. The molecule has 3 heteroatoms. The first-order chi connectivity index (χ1) is 10.6. The predicted octanol–water partition coefficient (Wildman–Crippen LogP) is 3.65. The summed E-state index contributed by atoms with van der Waals surface area (Å²) in [5.74, 6) is 0.798. The monoisotopic (exact) mass is 300 g/mol. The highest BCUT2D eigenvalue weighted by Gasteiger charge is 2.72. The average molecular weight is 300 g/mol. The number of hydrogen-bond acceptors (Lipinski definition) is 3. The van der Waals surface area contributed by atoms with Crippen LogP contribution in [0, 0.1) is 17.3 Å². The Kier molecular flexibility index (Phi) is 3.12. The Labute approximate surface area is 131 Å². The first kappa shape index (κ1) is 14.3. The molecule has 1 spiro atoms. The maximum Gasteiger partial charge on any atom is 0.337 e. The van der Waals surface area contributed by atoms with Gasteiger partial charge in [-0.15, -0.1) is 0 Å². The van der Waals surface area contributed by atoms with Crippen molar-refractivity contribution in [1.29, 1.82) is 0 Å². The normalized spacial score (nSPS) is 39.5. The summed E-state index contributed by atoms with van der Waals surface area (Å²) in [6.07, 6.45) is 8.55. The van der Waals surface area contributed by atoms with E-state index in [1.165, 1.54) is 32.8 Å². The minimum Gasteiger partial charge on any atom is -0.465 e. The second-order valence-corrected chi connectivity index (χ2v) is 7.34. The van der Waals surface area contributed by atoms with E-state index < -0.39 is 5.60 Å². The summed E-state index contributed by atoms with van der Waals surface area (Å²) >= 11 is 0. The van der Waals surface area contributed by atoms with Gasteiger partial charge in [-0.05, 0) is 55.2 Å². The maximum atomic E-state index is 11.6. The van der Waals surface area contributed by atoms with Gasteiger partial charge in [0.2, 0.25) is 0 Å². The summed E-state index contributed by atoms with van der Waals surface area (Å²) in [7, 11) is 1.39. The second kappa shape index (κ2) is 4.82. The molecule has 3 aliphatic carbocycles. The number of hydrogen-bond donors (Lipinski definition) is 1. The Balaban J connectivity index is 1.70. The SMILES string of the molecule is COC(=O)c1ccc([C@@]2(O)[C@H]3CCC[C@@]24CCCC[C@@H]34)cc1. The van der Waals surface area contributed by atoms with Gasteiger partial charge in [-0.3, -0.25) is 0 Å². The van der Waals surface area contributed by atoms with Crippen LogP contribution in [0.5, 0.6) is 0 Å². The Hall–Kier alpha value is -1.35. The van der Waals surface area contributed by atoms with Crippen molar-refractivity contribution in [3.63, 3.8) is 0 Å². The van der Waals surface area contributed by atoms with Crippen molar-refractivity contribution in [2.75, 3.05) is 7.11 Å². The van der Waals surface area contributed by atoms with Crippen LogP contribution in [0.4, 0.5) is 0 Å². The van der Waals surface area contributed by atoms with E-state index in [4.69, 9.17) is 4.74 Å². The highest BCUT2D eigenvalue weighted by molar-refractivity contribution is 5.89. The van der Waals surface area contributed by atoms with E-state index in [9.17, 15) is 9.90 Å². The fourth-order valence-electron chi connectivity index (χ4n) is 5.92. The van der Waals surface area contributed by atoms with Gasteiger partial charge in [0, 0.05) is 5.41 Å². The molecule has 0 radical (unpaired) electrons. The lowest BCUT2D eigenvalue weighted by atomic mass is 9.34. The molecule has 3 aliphatic rings. The number of methoxy groups -OCH3 is 1. The molecule has 3 saturated carbocycles. The van der Waals surface area contributed by atoms with Gasteiger partial charge in [0.05, 0.1) is 18.3 Å². The number of aliphatic hydroxyl groups is 1.